The van der Waals surface area contributed by atoms with E-state index in [1.54, 1.807) is 6.20 Å². The van der Waals surface area contributed by atoms with Gasteiger partial charge in [0.2, 0.25) is 0 Å². The van der Waals surface area contributed by atoms with Crippen LogP contribution in [0.4, 0.5) is 5.82 Å². The minimum Gasteiger partial charge on any atom is -0.396 e. The number of aliphatic hydroxyl groups is 1. The Morgan fingerprint density at radius 1 is 1.46 bits per heavy atom. The predicted molar refractivity (Wildman–Crippen MR) is 51.6 cm³/mol. The molecule has 0 spiro atoms. The zero-order valence-corrected chi connectivity index (χ0v) is 7.82. The predicted octanol–water partition coefficient (Wildman–Crippen LogP) is 0.969. The smallest absolute Gasteiger partial charge is 0.129 e. The maximum absolute atomic E-state index is 8.55. The van der Waals surface area contributed by atoms with Crippen molar-refractivity contribution in [3.05, 3.63) is 18.1 Å². The summed E-state index contributed by atoms with van der Waals surface area (Å²) in [5.74, 6) is 1.62. The fraction of sp³-hybridized carbons (Fsp3) is 0.556. The van der Waals surface area contributed by atoms with E-state index in [4.69, 9.17) is 5.11 Å². The summed E-state index contributed by atoms with van der Waals surface area (Å²) in [6, 6.07) is 1.84. The van der Waals surface area contributed by atoms with Gasteiger partial charge in [-0.2, -0.15) is 0 Å². The van der Waals surface area contributed by atoms with Crippen molar-refractivity contribution in [2.24, 2.45) is 0 Å². The summed E-state index contributed by atoms with van der Waals surface area (Å²) in [4.78, 5) is 8.18. The van der Waals surface area contributed by atoms with Crippen LogP contribution in [0.3, 0.4) is 0 Å². The van der Waals surface area contributed by atoms with Gasteiger partial charge in [0.05, 0.1) is 0 Å². The van der Waals surface area contributed by atoms with Crippen LogP contribution in [0.2, 0.25) is 0 Å². The molecule has 0 unspecified atom stereocenters. The molecule has 1 heterocycles. The van der Waals surface area contributed by atoms with E-state index in [2.05, 4.69) is 15.3 Å². The molecule has 2 N–H and O–H groups in total. The van der Waals surface area contributed by atoms with Crippen LogP contribution in [0.15, 0.2) is 12.3 Å². The molecule has 0 fully saturated rings. The van der Waals surface area contributed by atoms with Crippen molar-refractivity contribution in [3.8, 4) is 0 Å². The van der Waals surface area contributed by atoms with Gasteiger partial charge in [0.1, 0.15) is 11.6 Å². The number of unbranched alkanes of at least 4 members (excludes halogenated alkanes) is 1. The number of nitrogens with one attached hydrogen (secondary N) is 1. The lowest BCUT2D eigenvalue weighted by atomic mass is 10.3. The van der Waals surface area contributed by atoms with Gasteiger partial charge < -0.3 is 10.4 Å². The molecule has 0 saturated carbocycles. The first kappa shape index (κ1) is 9.92. The molecule has 4 heteroatoms. The van der Waals surface area contributed by atoms with Crippen molar-refractivity contribution < 1.29 is 5.11 Å². The lowest BCUT2D eigenvalue weighted by Gasteiger charge is -2.04. The van der Waals surface area contributed by atoms with Crippen LogP contribution >= 0.6 is 0 Å². The minimum atomic E-state index is 0.254. The topological polar surface area (TPSA) is 58.0 Å². The van der Waals surface area contributed by atoms with Gasteiger partial charge in [-0.3, -0.25) is 0 Å². The van der Waals surface area contributed by atoms with Gasteiger partial charge in [-0.25, -0.2) is 9.97 Å². The van der Waals surface area contributed by atoms with Crippen molar-refractivity contribution in [2.75, 3.05) is 18.5 Å². The second-order valence-corrected chi connectivity index (χ2v) is 2.85. The van der Waals surface area contributed by atoms with Crippen molar-refractivity contribution in [1.29, 1.82) is 0 Å². The van der Waals surface area contributed by atoms with E-state index in [0.717, 1.165) is 31.0 Å². The molecule has 1 aromatic heterocycles. The van der Waals surface area contributed by atoms with E-state index in [0.29, 0.717) is 0 Å². The van der Waals surface area contributed by atoms with Crippen LogP contribution in [-0.4, -0.2) is 28.2 Å². The number of aryl methyl sites for hydroxylation is 1. The summed E-state index contributed by atoms with van der Waals surface area (Å²) in [6.45, 7) is 2.96. The largest absolute Gasteiger partial charge is 0.396 e. The quantitative estimate of drug-likeness (QED) is 0.664. The number of hydrogen-bond acceptors (Lipinski definition) is 4. The molecule has 0 aromatic carbocycles. The Balaban J connectivity index is 2.28. The highest BCUT2D eigenvalue weighted by Gasteiger charge is 1.93. The van der Waals surface area contributed by atoms with Gasteiger partial charge in [0, 0.05) is 19.3 Å². The molecule has 0 bridgehead atoms. The standard InChI is InChI=1S/C9H15N3O/c1-8-10-6-4-9(12-8)11-5-2-3-7-13/h4,6,13H,2-3,5,7H2,1H3,(H,10,11,12). The Morgan fingerprint density at radius 2 is 2.31 bits per heavy atom. The fourth-order valence-corrected chi connectivity index (χ4v) is 1.01. The van der Waals surface area contributed by atoms with Gasteiger partial charge in [-0.1, -0.05) is 0 Å². The van der Waals surface area contributed by atoms with Crippen molar-refractivity contribution in [2.45, 2.75) is 19.8 Å². The average Bonchev–Trinajstić information content (AvgIpc) is 2.13. The molecule has 0 aliphatic heterocycles. The first-order valence-corrected chi connectivity index (χ1v) is 4.47. The highest BCUT2D eigenvalue weighted by Crippen LogP contribution is 2.01. The third-order valence-electron chi connectivity index (χ3n) is 1.67. The summed E-state index contributed by atoms with van der Waals surface area (Å²) in [5.41, 5.74) is 0. The first-order valence-electron chi connectivity index (χ1n) is 4.47. The van der Waals surface area contributed by atoms with E-state index in [1.807, 2.05) is 13.0 Å². The molecule has 0 radical (unpaired) electrons. The van der Waals surface area contributed by atoms with Crippen LogP contribution < -0.4 is 5.32 Å². The highest BCUT2D eigenvalue weighted by molar-refractivity contribution is 5.32. The zero-order valence-electron chi connectivity index (χ0n) is 7.82. The molecule has 13 heavy (non-hydrogen) atoms. The van der Waals surface area contributed by atoms with Crippen LogP contribution in [0.1, 0.15) is 18.7 Å². The Hall–Kier alpha value is -1.16. The van der Waals surface area contributed by atoms with Crippen LogP contribution in [0.25, 0.3) is 0 Å². The Bertz CT molecular complexity index is 252. The molecule has 0 aliphatic carbocycles. The number of anilines is 1. The second kappa shape index (κ2) is 5.48. The minimum absolute atomic E-state index is 0.254. The number of aromatic nitrogens is 2. The van der Waals surface area contributed by atoms with Gasteiger partial charge in [0.15, 0.2) is 0 Å². The van der Waals surface area contributed by atoms with Crippen molar-refractivity contribution >= 4 is 5.82 Å². The third-order valence-corrected chi connectivity index (χ3v) is 1.67. The van der Waals surface area contributed by atoms with Gasteiger partial charge in [-0.15, -0.1) is 0 Å². The first-order chi connectivity index (χ1) is 6.33. The molecule has 1 aromatic rings. The maximum Gasteiger partial charge on any atom is 0.129 e. The fourth-order valence-electron chi connectivity index (χ4n) is 1.01. The molecule has 4 nitrogen and oxygen atoms in total. The molecule has 0 amide bonds. The summed E-state index contributed by atoms with van der Waals surface area (Å²) >= 11 is 0. The molecule has 0 aliphatic rings. The number of aliphatic hydroxyl groups excluding tert-OH is 1. The lowest BCUT2D eigenvalue weighted by Crippen LogP contribution is -2.04. The van der Waals surface area contributed by atoms with Gasteiger partial charge in [-0.05, 0) is 25.8 Å². The van der Waals surface area contributed by atoms with E-state index in [1.165, 1.54) is 0 Å². The molecule has 0 saturated heterocycles. The maximum atomic E-state index is 8.55. The van der Waals surface area contributed by atoms with Crippen molar-refractivity contribution in [3.63, 3.8) is 0 Å². The van der Waals surface area contributed by atoms with Gasteiger partial charge in [0.25, 0.3) is 0 Å². The van der Waals surface area contributed by atoms with E-state index in [9.17, 15) is 0 Å². The summed E-state index contributed by atoms with van der Waals surface area (Å²) < 4.78 is 0. The monoisotopic (exact) mass is 181 g/mol. The summed E-state index contributed by atoms with van der Waals surface area (Å²) in [7, 11) is 0. The van der Waals surface area contributed by atoms with Gasteiger partial charge >= 0.3 is 0 Å². The number of nitrogens with zero attached hydrogens (tertiary/aromatic N) is 2. The third kappa shape index (κ3) is 3.85. The Morgan fingerprint density at radius 3 is 3.00 bits per heavy atom. The van der Waals surface area contributed by atoms with E-state index >= 15 is 0 Å². The van der Waals surface area contributed by atoms with Crippen molar-refractivity contribution in [1.82, 2.24) is 9.97 Å². The van der Waals surface area contributed by atoms with Crippen LogP contribution in [0, 0.1) is 6.92 Å². The van der Waals surface area contributed by atoms with Crippen LogP contribution in [0.5, 0.6) is 0 Å². The highest BCUT2D eigenvalue weighted by atomic mass is 16.2. The SMILES string of the molecule is Cc1nccc(NCCCCO)n1. The lowest BCUT2D eigenvalue weighted by molar-refractivity contribution is 0.286. The van der Waals surface area contributed by atoms with Crippen LogP contribution in [-0.2, 0) is 0 Å². The summed E-state index contributed by atoms with van der Waals surface area (Å²) in [5, 5.41) is 11.7. The second-order valence-electron chi connectivity index (χ2n) is 2.85. The molecule has 1 rings (SSSR count). The molecular formula is C9H15N3O. The molecular weight excluding hydrogens is 166 g/mol. The summed E-state index contributed by atoms with van der Waals surface area (Å²) in [6.07, 6.45) is 3.52. The normalized spacial score (nSPS) is 10.0. The number of rotatable bonds is 5. The van der Waals surface area contributed by atoms with E-state index < -0.39 is 0 Å². The van der Waals surface area contributed by atoms with E-state index in [-0.39, 0.29) is 6.61 Å². The molecule has 0 atom stereocenters. The molecule has 72 valence electrons. The average molecular weight is 181 g/mol. The zero-order chi connectivity index (χ0) is 9.52. The number of hydrogen-bond donors (Lipinski definition) is 2. The Kier molecular flexibility index (Phi) is 4.18. The Labute approximate surface area is 78.0 Å².